The molecule has 0 bridgehead atoms. The Morgan fingerprint density at radius 2 is 1.78 bits per heavy atom. The molecular weight excluding hydrogens is 147 g/mol. The molecule has 1 aliphatic heterocycles. The normalized spacial score (nSPS) is 56.7. The van der Waals surface area contributed by atoms with Gasteiger partial charge < -0.3 is 9.47 Å². The van der Waals surface area contributed by atoms with Crippen LogP contribution in [0.15, 0.2) is 0 Å². The smallest absolute Gasteiger partial charge is 0.240 e. The summed E-state index contributed by atoms with van der Waals surface area (Å²) in [6, 6.07) is 0. The number of ether oxygens (including phenoxy) is 2. The van der Waals surface area contributed by atoms with Crippen molar-refractivity contribution in [3.05, 3.63) is 0 Å². The summed E-state index contributed by atoms with van der Waals surface area (Å²) in [6.07, 6.45) is -1.01. The molecule has 2 atom stereocenters. The summed E-state index contributed by atoms with van der Waals surface area (Å²) in [6.45, 7) is 0.916. The highest BCUT2D eigenvalue weighted by molar-refractivity contribution is 6.26. The zero-order valence-electron chi connectivity index (χ0n) is 4.64. The van der Waals surface area contributed by atoms with Crippen molar-refractivity contribution in [3.8, 4) is 0 Å². The first kappa shape index (κ1) is 5.89. The highest BCUT2D eigenvalue weighted by Crippen LogP contribution is 2.50. The largest absolute Gasteiger partial charge is 0.368 e. The van der Waals surface area contributed by atoms with E-state index in [1.54, 1.807) is 0 Å². The molecule has 0 aromatic heterocycles. The zero-order chi connectivity index (χ0) is 6.48. The third-order valence-electron chi connectivity index (χ3n) is 1.60. The van der Waals surface area contributed by atoms with Crippen molar-refractivity contribution < 1.29 is 13.9 Å². The maximum Gasteiger partial charge on any atom is 0.240 e. The fraction of sp³-hybridized carbons (Fsp3) is 1.00. The van der Waals surface area contributed by atoms with Crippen LogP contribution >= 0.6 is 11.6 Å². The molecule has 1 aliphatic carbocycles. The highest BCUT2D eigenvalue weighted by atomic mass is 35.5. The Bertz CT molecular complexity index is 125. The topological polar surface area (TPSA) is 18.5 Å². The van der Waals surface area contributed by atoms with E-state index in [0.29, 0.717) is 13.2 Å². The second-order valence-electron chi connectivity index (χ2n) is 2.26. The summed E-state index contributed by atoms with van der Waals surface area (Å²) >= 11 is 5.30. The quantitative estimate of drug-likeness (QED) is 0.476. The summed E-state index contributed by atoms with van der Waals surface area (Å²) in [5.74, 6) is 0. The van der Waals surface area contributed by atoms with Gasteiger partial charge in [-0.3, -0.25) is 0 Å². The van der Waals surface area contributed by atoms with Crippen molar-refractivity contribution in [2.75, 3.05) is 13.2 Å². The van der Waals surface area contributed by atoms with Crippen molar-refractivity contribution in [3.63, 3.8) is 0 Å². The van der Waals surface area contributed by atoms with Crippen molar-refractivity contribution in [1.82, 2.24) is 0 Å². The van der Waals surface area contributed by atoms with E-state index in [1.807, 2.05) is 0 Å². The van der Waals surface area contributed by atoms with Crippen molar-refractivity contribution >= 4 is 11.6 Å². The van der Waals surface area contributed by atoms with E-state index >= 15 is 0 Å². The van der Waals surface area contributed by atoms with Gasteiger partial charge in [-0.25, -0.2) is 4.39 Å². The highest BCUT2D eigenvalue weighted by Gasteiger charge is 2.70. The molecule has 0 radical (unpaired) electrons. The number of hydrogen-bond donors (Lipinski definition) is 0. The molecule has 52 valence electrons. The number of alkyl halides is 2. The minimum atomic E-state index is -1.73. The third-order valence-corrected chi connectivity index (χ3v) is 2.03. The molecule has 1 saturated heterocycles. The molecule has 0 spiro atoms. The Morgan fingerprint density at radius 1 is 1.33 bits per heavy atom. The fourth-order valence-electron chi connectivity index (χ4n) is 1.02. The van der Waals surface area contributed by atoms with Crippen LogP contribution in [-0.2, 0) is 9.47 Å². The second kappa shape index (κ2) is 1.59. The molecule has 0 aromatic rings. The lowest BCUT2D eigenvalue weighted by Crippen LogP contribution is -2.16. The van der Waals surface area contributed by atoms with Gasteiger partial charge in [0, 0.05) is 0 Å². The first-order valence-corrected chi connectivity index (χ1v) is 3.22. The molecule has 1 heterocycles. The minimum Gasteiger partial charge on any atom is -0.368 e. The van der Waals surface area contributed by atoms with Crippen LogP contribution in [0.4, 0.5) is 4.39 Å². The lowest BCUT2D eigenvalue weighted by molar-refractivity contribution is -0.0376. The molecule has 0 N–H and O–H groups in total. The van der Waals surface area contributed by atoms with Gasteiger partial charge in [-0.1, -0.05) is 11.6 Å². The van der Waals surface area contributed by atoms with Gasteiger partial charge in [-0.15, -0.1) is 0 Å². The van der Waals surface area contributed by atoms with E-state index < -0.39 is 17.3 Å². The second-order valence-corrected chi connectivity index (χ2v) is 2.84. The number of halogens is 2. The number of hydrogen-bond acceptors (Lipinski definition) is 2. The van der Waals surface area contributed by atoms with Crippen molar-refractivity contribution in [2.45, 2.75) is 17.3 Å². The van der Waals surface area contributed by atoms with Crippen LogP contribution < -0.4 is 0 Å². The summed E-state index contributed by atoms with van der Waals surface area (Å²) < 4.78 is 22.6. The summed E-state index contributed by atoms with van der Waals surface area (Å²) in [5, 5.41) is -1.73. The lowest BCUT2D eigenvalue weighted by Gasteiger charge is -2.07. The van der Waals surface area contributed by atoms with Crippen LogP contribution in [0.3, 0.4) is 0 Å². The lowest BCUT2D eigenvalue weighted by atomic mass is 10.6. The van der Waals surface area contributed by atoms with Crippen LogP contribution in [0.5, 0.6) is 0 Å². The van der Waals surface area contributed by atoms with Gasteiger partial charge in [-0.2, -0.15) is 0 Å². The first-order chi connectivity index (χ1) is 4.23. The predicted octanol–water partition coefficient (Wildman–Crippen LogP) is 0.689. The van der Waals surface area contributed by atoms with E-state index in [9.17, 15) is 4.39 Å². The molecule has 0 amide bonds. The first-order valence-electron chi connectivity index (χ1n) is 2.84. The van der Waals surface area contributed by atoms with Gasteiger partial charge in [-0.05, 0) is 0 Å². The standard InChI is InChI=1S/C5H6ClFO2/c6-5(7)3-4(5)9-2-1-8-3/h3-4H,1-2H2. The van der Waals surface area contributed by atoms with Crippen molar-refractivity contribution in [2.24, 2.45) is 0 Å². The maximum atomic E-state index is 12.7. The van der Waals surface area contributed by atoms with Crippen LogP contribution in [-0.4, -0.2) is 30.5 Å². The van der Waals surface area contributed by atoms with E-state index in [1.165, 1.54) is 0 Å². The van der Waals surface area contributed by atoms with Gasteiger partial charge in [0.05, 0.1) is 13.2 Å². The Balaban J connectivity index is 2.06. The van der Waals surface area contributed by atoms with Gasteiger partial charge in [0.2, 0.25) is 5.13 Å². The maximum absolute atomic E-state index is 12.7. The van der Waals surface area contributed by atoms with Crippen LogP contribution in [0, 0.1) is 0 Å². The summed E-state index contributed by atoms with van der Waals surface area (Å²) in [7, 11) is 0. The summed E-state index contributed by atoms with van der Waals surface area (Å²) in [4.78, 5) is 0. The van der Waals surface area contributed by atoms with Crippen LogP contribution in [0.25, 0.3) is 0 Å². The SMILES string of the molecule is FC1(Cl)C2OCCOC21. The molecule has 2 rings (SSSR count). The van der Waals surface area contributed by atoms with Gasteiger partial charge in [0.1, 0.15) is 12.2 Å². The number of fused-ring (bicyclic) bond motifs is 1. The molecular formula is C5H6ClFO2. The number of rotatable bonds is 0. The van der Waals surface area contributed by atoms with E-state index in [-0.39, 0.29) is 0 Å². The molecule has 2 aliphatic rings. The molecule has 1 saturated carbocycles. The Morgan fingerprint density at radius 3 is 2.11 bits per heavy atom. The minimum absolute atomic E-state index is 0.458. The fourth-order valence-corrected chi connectivity index (χ4v) is 1.31. The van der Waals surface area contributed by atoms with E-state index in [2.05, 4.69) is 0 Å². The van der Waals surface area contributed by atoms with Gasteiger partial charge in [0.15, 0.2) is 0 Å². The molecule has 2 fully saturated rings. The molecule has 4 heteroatoms. The Hall–Kier alpha value is 0.140. The molecule has 2 nitrogen and oxygen atoms in total. The monoisotopic (exact) mass is 152 g/mol. The third kappa shape index (κ3) is 0.687. The van der Waals surface area contributed by atoms with E-state index in [0.717, 1.165) is 0 Å². The van der Waals surface area contributed by atoms with Gasteiger partial charge >= 0.3 is 0 Å². The molecule has 0 aromatic carbocycles. The molecule has 9 heavy (non-hydrogen) atoms. The van der Waals surface area contributed by atoms with Crippen LogP contribution in [0.2, 0.25) is 0 Å². The summed E-state index contributed by atoms with van der Waals surface area (Å²) in [5.41, 5.74) is 0. The van der Waals surface area contributed by atoms with Gasteiger partial charge in [0.25, 0.3) is 0 Å². The Labute approximate surface area is 56.9 Å². The average Bonchev–Trinajstić information content (AvgIpc) is 2.39. The predicted molar refractivity (Wildman–Crippen MR) is 29.2 cm³/mol. The van der Waals surface area contributed by atoms with Crippen LogP contribution in [0.1, 0.15) is 0 Å². The molecule has 2 unspecified atom stereocenters. The Kier molecular flexibility index (Phi) is 1.04. The van der Waals surface area contributed by atoms with E-state index in [4.69, 9.17) is 21.1 Å². The van der Waals surface area contributed by atoms with Crippen molar-refractivity contribution in [1.29, 1.82) is 0 Å². The zero-order valence-corrected chi connectivity index (χ0v) is 5.40. The average molecular weight is 153 g/mol.